The van der Waals surface area contributed by atoms with Crippen LogP contribution in [0.5, 0.6) is 0 Å². The summed E-state index contributed by atoms with van der Waals surface area (Å²) in [7, 11) is 1.33. The summed E-state index contributed by atoms with van der Waals surface area (Å²) in [5.41, 5.74) is -0.0440. The second kappa shape index (κ2) is 31.5. The van der Waals surface area contributed by atoms with Gasteiger partial charge in [0.1, 0.15) is 0 Å². The number of carbonyl (C=O) groups is 5. The molecule has 0 aromatic rings. The van der Waals surface area contributed by atoms with Gasteiger partial charge in [0.05, 0.1) is 26.3 Å². The fourth-order valence-electron chi connectivity index (χ4n) is 0.823. The van der Waals surface area contributed by atoms with Crippen molar-refractivity contribution in [2.75, 3.05) is 20.3 Å². The van der Waals surface area contributed by atoms with Crippen molar-refractivity contribution >= 4 is 29.8 Å². The minimum absolute atomic E-state index is 0. The number of carboxylic acid groups (broad SMARTS) is 2. The largest absolute Gasteiger partial charge is 1.00 e. The van der Waals surface area contributed by atoms with Gasteiger partial charge in [-0.05, 0) is 26.3 Å². The third kappa shape index (κ3) is 42.4. The Morgan fingerprint density at radius 3 is 1.25 bits per heavy atom. The Morgan fingerprint density at radius 2 is 1.19 bits per heavy atom. The molecule has 0 aromatic heterocycles. The van der Waals surface area contributed by atoms with Crippen LogP contribution in [0.3, 0.4) is 0 Å². The predicted molar refractivity (Wildman–Crippen MR) is 104 cm³/mol. The molecule has 170 valence electrons. The Balaban J connectivity index is -0.0000000694. The molecule has 0 unspecified atom stereocenters. The maximum atomic E-state index is 10.2. The van der Waals surface area contributed by atoms with Crippen LogP contribution < -0.4 is 69.3 Å². The van der Waals surface area contributed by atoms with E-state index < -0.39 is 23.9 Å². The summed E-state index contributed by atoms with van der Waals surface area (Å²) in [6.45, 7) is 18.6. The molecule has 0 radical (unpaired) electrons. The second-order valence-electron chi connectivity index (χ2n) is 4.62. The number of hydrogen-bond acceptors (Lipinski definition) is 10. The van der Waals surface area contributed by atoms with Crippen LogP contribution in [0.2, 0.25) is 0 Å². The quantitative estimate of drug-likeness (QED) is 0.143. The van der Waals surface area contributed by atoms with E-state index in [-0.39, 0.29) is 77.0 Å². The van der Waals surface area contributed by atoms with E-state index in [1.54, 1.807) is 20.8 Å². The molecule has 0 spiro atoms. The molecule has 0 aliphatic carbocycles. The Labute approximate surface area is 232 Å². The maximum Gasteiger partial charge on any atom is 1.00 e. The van der Waals surface area contributed by atoms with Crippen molar-refractivity contribution in [1.29, 1.82) is 0 Å². The van der Waals surface area contributed by atoms with Crippen molar-refractivity contribution in [3.8, 4) is 0 Å². The molecule has 0 amide bonds. The van der Waals surface area contributed by atoms with Gasteiger partial charge in [0.25, 0.3) is 0 Å². The number of hydrogen-bond donors (Lipinski definition) is 0. The molecule has 0 aromatic carbocycles. The Bertz CT molecular complexity index is 603. The molecule has 0 saturated heterocycles. The van der Waals surface area contributed by atoms with Crippen molar-refractivity contribution in [3.05, 3.63) is 49.6 Å². The average molecular weight is 474 g/mol. The Kier molecular flexibility index (Phi) is 43.4. The summed E-state index contributed by atoms with van der Waals surface area (Å²) in [5.74, 6) is -4.09. The smallest absolute Gasteiger partial charge is 0.550 e. The molecule has 12 heteroatoms. The van der Waals surface area contributed by atoms with Gasteiger partial charge >= 0.3 is 77.0 Å². The van der Waals surface area contributed by atoms with Crippen LogP contribution in [0.1, 0.15) is 27.2 Å². The molecule has 0 N–H and O–H groups in total. The predicted octanol–water partition coefficient (Wildman–Crippen LogP) is -6.35. The summed E-state index contributed by atoms with van der Waals surface area (Å²) in [5, 5.41) is 19.4. The molecule has 0 heterocycles. The van der Waals surface area contributed by atoms with Gasteiger partial charge in [-0.15, -0.1) is 0 Å². The fraction of sp³-hybridized carbons (Fsp3) is 0.350. The number of aliphatic carboxylic acids is 2. The van der Waals surface area contributed by atoms with Crippen LogP contribution in [0.25, 0.3) is 0 Å². The molecule has 0 atom stereocenters. The van der Waals surface area contributed by atoms with Crippen LogP contribution in [0.15, 0.2) is 49.6 Å². The van der Waals surface area contributed by atoms with Gasteiger partial charge in [-0.1, -0.05) is 26.3 Å². The third-order valence-electron chi connectivity index (χ3n) is 2.09. The van der Waals surface area contributed by atoms with Gasteiger partial charge in [-0.2, -0.15) is 0 Å². The van der Waals surface area contributed by atoms with E-state index in [0.29, 0.717) is 18.8 Å². The van der Waals surface area contributed by atoms with Gasteiger partial charge in [0, 0.05) is 30.1 Å². The number of methoxy groups -OCH3 is 1. The molecular weight excluding hydrogens is 446 g/mol. The third-order valence-corrected chi connectivity index (χ3v) is 2.09. The molecule has 0 fully saturated rings. The molecule has 32 heavy (non-hydrogen) atoms. The van der Waals surface area contributed by atoms with Crippen molar-refractivity contribution in [2.45, 2.75) is 27.2 Å². The van der Waals surface area contributed by atoms with E-state index >= 15 is 0 Å². The minimum Gasteiger partial charge on any atom is -0.550 e. The molecule has 0 aliphatic rings. The number of carbonyl (C=O) groups excluding carboxylic acids is 5. The minimum atomic E-state index is -1.56. The van der Waals surface area contributed by atoms with Crippen molar-refractivity contribution in [3.63, 3.8) is 0 Å². The normalized spacial score (nSPS) is 7.38. The van der Waals surface area contributed by atoms with Crippen molar-refractivity contribution in [2.24, 2.45) is 0 Å². The topological polar surface area (TPSA) is 159 Å². The number of ether oxygens (including phenoxy) is 3. The number of carboxylic acids is 2. The summed E-state index contributed by atoms with van der Waals surface area (Å²) >= 11 is 0. The Hall–Kier alpha value is -1.69. The van der Waals surface area contributed by atoms with Crippen LogP contribution in [0.4, 0.5) is 0 Å². The molecule has 10 nitrogen and oxygen atoms in total. The van der Waals surface area contributed by atoms with E-state index in [9.17, 15) is 34.2 Å². The molecular formula is C20H28Na2O10. The Morgan fingerprint density at radius 1 is 0.844 bits per heavy atom. The maximum absolute atomic E-state index is 10.2. The van der Waals surface area contributed by atoms with Crippen LogP contribution in [-0.2, 0) is 38.2 Å². The molecule has 0 bridgehead atoms. The first-order chi connectivity index (χ1) is 13.8. The first-order valence-corrected chi connectivity index (χ1v) is 8.25. The summed E-state index contributed by atoms with van der Waals surface area (Å²) < 4.78 is 13.1. The van der Waals surface area contributed by atoms with Gasteiger partial charge in [0.15, 0.2) is 0 Å². The van der Waals surface area contributed by atoms with E-state index in [1.165, 1.54) is 7.11 Å². The van der Waals surface area contributed by atoms with Crippen LogP contribution >= 0.6 is 0 Å². The van der Waals surface area contributed by atoms with E-state index in [4.69, 9.17) is 0 Å². The van der Waals surface area contributed by atoms with Crippen molar-refractivity contribution < 1.29 is 108 Å². The SMILES string of the molecule is C=C(C)C(=O)OC.C=C(CC(=O)[O-])C(=O)[O-].C=CC(=O)OCC.C=CC(=O)OCC.[Na+].[Na+]. The van der Waals surface area contributed by atoms with Crippen molar-refractivity contribution in [1.82, 2.24) is 0 Å². The van der Waals surface area contributed by atoms with E-state index in [2.05, 4.69) is 40.5 Å². The standard InChI is InChI=1S/C5H6O4.3C5H8O2.2Na/c1-3(5(8)9)2-4(6)7;1-4(2)5(6)7-3;2*1-3-5(6)7-4-2;;/h1-2H2,(H,6,7)(H,8,9);1H2,2-3H3;2*3H,1,4H2,2H3;;/q;;;;2*+1/p-2. The van der Waals surface area contributed by atoms with Gasteiger partial charge < -0.3 is 34.0 Å². The number of esters is 3. The van der Waals surface area contributed by atoms with Gasteiger partial charge in [-0.3, -0.25) is 0 Å². The van der Waals surface area contributed by atoms with Gasteiger partial charge in [-0.25, -0.2) is 14.4 Å². The summed E-state index contributed by atoms with van der Waals surface area (Å²) in [4.78, 5) is 49.7. The number of rotatable bonds is 8. The summed E-state index contributed by atoms with van der Waals surface area (Å²) in [6, 6.07) is 0. The first-order valence-electron chi connectivity index (χ1n) is 8.25. The zero-order chi connectivity index (χ0) is 24.7. The van der Waals surface area contributed by atoms with Gasteiger partial charge in [0.2, 0.25) is 0 Å². The van der Waals surface area contributed by atoms with Crippen LogP contribution in [-0.4, -0.2) is 50.2 Å². The zero-order valence-electron chi connectivity index (χ0n) is 19.7. The summed E-state index contributed by atoms with van der Waals surface area (Å²) in [6.07, 6.45) is 1.61. The molecule has 0 saturated carbocycles. The monoisotopic (exact) mass is 474 g/mol. The molecule has 0 aliphatic heterocycles. The second-order valence-corrected chi connectivity index (χ2v) is 4.62. The average Bonchev–Trinajstić information content (AvgIpc) is 2.68. The van der Waals surface area contributed by atoms with E-state index in [1.807, 2.05) is 0 Å². The van der Waals surface area contributed by atoms with E-state index in [0.717, 1.165) is 12.2 Å². The first kappa shape index (κ1) is 44.1. The molecule has 0 rings (SSSR count). The zero-order valence-corrected chi connectivity index (χ0v) is 23.7. The van der Waals surface area contributed by atoms with Crippen LogP contribution in [0, 0.1) is 0 Å². The fourth-order valence-corrected chi connectivity index (χ4v) is 0.823.